The number of thioether (sulfide) groups is 1. The Hall–Kier alpha value is -3.69. The van der Waals surface area contributed by atoms with Gasteiger partial charge in [-0.2, -0.15) is 5.10 Å². The lowest BCUT2D eigenvalue weighted by Gasteiger charge is -2.09. The van der Waals surface area contributed by atoms with Gasteiger partial charge in [-0.1, -0.05) is 65.3 Å². The lowest BCUT2D eigenvalue weighted by atomic mass is 10.1. The summed E-state index contributed by atoms with van der Waals surface area (Å²) in [5, 5.41) is 15.8. The van der Waals surface area contributed by atoms with Crippen LogP contribution in [0, 0.1) is 17.0 Å². The number of fused-ring (bicyclic) bond motifs is 1. The number of hydrogen-bond donors (Lipinski definition) is 1. The fourth-order valence-corrected chi connectivity index (χ4v) is 4.24. The predicted molar refractivity (Wildman–Crippen MR) is 135 cm³/mol. The van der Waals surface area contributed by atoms with E-state index < -0.39 is 4.92 Å². The SMILES string of the molecule is Cc1ccc(Cn2c(SCC(=O)NN=Cc3cc([N+](=O)[O-])ccc3Cl)nc3ccccc32)cc1. The van der Waals surface area contributed by atoms with E-state index >= 15 is 0 Å². The molecule has 0 aliphatic heterocycles. The number of aryl methyl sites for hydroxylation is 1. The van der Waals surface area contributed by atoms with Crippen LogP contribution in [0.4, 0.5) is 5.69 Å². The highest BCUT2D eigenvalue weighted by atomic mass is 35.5. The lowest BCUT2D eigenvalue weighted by molar-refractivity contribution is -0.384. The van der Waals surface area contributed by atoms with Gasteiger partial charge < -0.3 is 4.57 Å². The van der Waals surface area contributed by atoms with Crippen LogP contribution < -0.4 is 5.43 Å². The van der Waals surface area contributed by atoms with Gasteiger partial charge in [0.15, 0.2) is 5.16 Å². The van der Waals surface area contributed by atoms with Gasteiger partial charge in [-0.15, -0.1) is 0 Å². The van der Waals surface area contributed by atoms with E-state index in [0.717, 1.165) is 21.8 Å². The van der Waals surface area contributed by atoms with Crippen molar-refractivity contribution in [2.75, 3.05) is 5.75 Å². The molecule has 0 atom stereocenters. The maximum absolute atomic E-state index is 12.4. The first-order chi connectivity index (χ1) is 16.4. The Labute approximate surface area is 204 Å². The molecule has 0 radical (unpaired) electrons. The molecule has 0 saturated heterocycles. The van der Waals surface area contributed by atoms with E-state index in [0.29, 0.717) is 17.1 Å². The van der Waals surface area contributed by atoms with Crippen LogP contribution in [0.1, 0.15) is 16.7 Å². The molecule has 4 rings (SSSR count). The topological polar surface area (TPSA) is 102 Å². The number of nitro benzene ring substituents is 1. The van der Waals surface area contributed by atoms with Crippen LogP contribution in [0.5, 0.6) is 0 Å². The third kappa shape index (κ3) is 5.62. The van der Waals surface area contributed by atoms with Crippen molar-refractivity contribution in [2.45, 2.75) is 18.6 Å². The number of hydrogen-bond acceptors (Lipinski definition) is 6. The van der Waals surface area contributed by atoms with Gasteiger partial charge in [-0.05, 0) is 30.7 Å². The second-order valence-corrected chi connectivity index (χ2v) is 8.85. The number of benzene rings is 3. The average Bonchev–Trinajstić information content (AvgIpc) is 3.17. The molecule has 0 bridgehead atoms. The Morgan fingerprint density at radius 1 is 1.21 bits per heavy atom. The number of nitrogens with one attached hydrogen (secondary N) is 1. The van der Waals surface area contributed by atoms with Gasteiger partial charge in [0.2, 0.25) is 0 Å². The standard InChI is InChI=1S/C24H20ClN5O3S/c1-16-6-8-17(9-7-16)14-29-22-5-3-2-4-21(22)27-24(29)34-15-23(31)28-26-13-18-12-19(30(32)33)10-11-20(18)25/h2-13H,14-15H2,1H3,(H,28,31). The normalized spacial score (nSPS) is 11.2. The summed E-state index contributed by atoms with van der Waals surface area (Å²) in [4.78, 5) is 27.5. The average molecular weight is 494 g/mol. The molecular weight excluding hydrogens is 474 g/mol. The summed E-state index contributed by atoms with van der Waals surface area (Å²) >= 11 is 7.36. The molecule has 10 heteroatoms. The van der Waals surface area contributed by atoms with Crippen molar-refractivity contribution in [1.82, 2.24) is 15.0 Å². The molecule has 1 amide bonds. The van der Waals surface area contributed by atoms with Crippen molar-refractivity contribution in [3.05, 3.63) is 98.6 Å². The molecular formula is C24H20ClN5O3S. The van der Waals surface area contributed by atoms with E-state index in [9.17, 15) is 14.9 Å². The fraction of sp³-hybridized carbons (Fsp3) is 0.125. The second-order valence-electron chi connectivity index (χ2n) is 7.50. The third-order valence-electron chi connectivity index (χ3n) is 5.00. The Morgan fingerprint density at radius 3 is 2.74 bits per heavy atom. The van der Waals surface area contributed by atoms with Gasteiger partial charge in [-0.25, -0.2) is 10.4 Å². The lowest BCUT2D eigenvalue weighted by Crippen LogP contribution is -2.20. The van der Waals surface area contributed by atoms with E-state index in [2.05, 4.69) is 39.4 Å². The quantitative estimate of drug-likeness (QED) is 0.157. The van der Waals surface area contributed by atoms with Crippen LogP contribution >= 0.6 is 23.4 Å². The first-order valence-electron chi connectivity index (χ1n) is 10.3. The van der Waals surface area contributed by atoms with Crippen LogP contribution in [0.15, 0.2) is 77.0 Å². The summed E-state index contributed by atoms with van der Waals surface area (Å²) in [5.74, 6) is -0.242. The third-order valence-corrected chi connectivity index (χ3v) is 6.32. The zero-order valence-corrected chi connectivity index (χ0v) is 19.7. The van der Waals surface area contributed by atoms with Crippen molar-refractivity contribution < 1.29 is 9.72 Å². The van der Waals surface area contributed by atoms with Gasteiger partial charge in [0.1, 0.15) is 0 Å². The minimum absolute atomic E-state index is 0.0945. The number of aromatic nitrogens is 2. The zero-order valence-electron chi connectivity index (χ0n) is 18.1. The summed E-state index contributed by atoms with van der Waals surface area (Å²) in [6.45, 7) is 2.68. The van der Waals surface area contributed by atoms with Crippen LogP contribution in [0.25, 0.3) is 11.0 Å². The molecule has 0 fully saturated rings. The van der Waals surface area contributed by atoms with Crippen molar-refractivity contribution in [2.24, 2.45) is 5.10 Å². The van der Waals surface area contributed by atoms with Crippen LogP contribution in [-0.4, -0.2) is 32.3 Å². The molecule has 0 saturated carbocycles. The van der Waals surface area contributed by atoms with Crippen molar-refractivity contribution in [1.29, 1.82) is 0 Å². The molecule has 0 unspecified atom stereocenters. The van der Waals surface area contributed by atoms with Crippen LogP contribution in [-0.2, 0) is 11.3 Å². The maximum Gasteiger partial charge on any atom is 0.270 e. The Bertz CT molecular complexity index is 1390. The van der Waals surface area contributed by atoms with E-state index in [-0.39, 0.29) is 17.3 Å². The predicted octanol–water partition coefficient (Wildman–Crippen LogP) is 5.20. The monoisotopic (exact) mass is 493 g/mol. The number of rotatable bonds is 8. The molecule has 0 spiro atoms. The maximum atomic E-state index is 12.4. The molecule has 4 aromatic rings. The summed E-state index contributed by atoms with van der Waals surface area (Å²) in [5.41, 5.74) is 6.83. The Kier molecular flexibility index (Phi) is 7.24. The summed E-state index contributed by atoms with van der Waals surface area (Å²) in [6.07, 6.45) is 1.28. The molecule has 1 N–H and O–H groups in total. The summed E-state index contributed by atoms with van der Waals surface area (Å²) in [6, 6.07) is 20.2. The van der Waals surface area contributed by atoms with E-state index in [1.54, 1.807) is 0 Å². The van der Waals surface area contributed by atoms with E-state index in [1.165, 1.54) is 41.7 Å². The van der Waals surface area contributed by atoms with Crippen LogP contribution in [0.2, 0.25) is 5.02 Å². The van der Waals surface area contributed by atoms with Gasteiger partial charge >= 0.3 is 0 Å². The highest BCUT2D eigenvalue weighted by Crippen LogP contribution is 2.25. The molecule has 3 aromatic carbocycles. The molecule has 1 heterocycles. The molecule has 172 valence electrons. The number of halogens is 1. The highest BCUT2D eigenvalue weighted by molar-refractivity contribution is 7.99. The minimum Gasteiger partial charge on any atom is -0.314 e. The zero-order chi connectivity index (χ0) is 24.1. The van der Waals surface area contributed by atoms with Gasteiger partial charge in [0.05, 0.1) is 34.5 Å². The first-order valence-corrected chi connectivity index (χ1v) is 11.7. The van der Waals surface area contributed by atoms with Gasteiger partial charge in [-0.3, -0.25) is 14.9 Å². The number of hydrazone groups is 1. The number of amides is 1. The first kappa shape index (κ1) is 23.5. The smallest absolute Gasteiger partial charge is 0.270 e. The van der Waals surface area contributed by atoms with Crippen molar-refractivity contribution in [3.8, 4) is 0 Å². The largest absolute Gasteiger partial charge is 0.314 e. The number of imidazole rings is 1. The molecule has 0 aliphatic carbocycles. The number of para-hydroxylation sites is 2. The number of carbonyl (C=O) groups is 1. The van der Waals surface area contributed by atoms with Gasteiger partial charge in [0, 0.05) is 22.7 Å². The Balaban J connectivity index is 1.44. The van der Waals surface area contributed by atoms with Gasteiger partial charge in [0.25, 0.3) is 11.6 Å². The number of nitro groups is 1. The highest BCUT2D eigenvalue weighted by Gasteiger charge is 2.13. The molecule has 8 nitrogen and oxygen atoms in total. The molecule has 0 aliphatic rings. The minimum atomic E-state index is -0.522. The number of non-ortho nitro benzene ring substituents is 1. The number of nitrogens with zero attached hydrogens (tertiary/aromatic N) is 4. The van der Waals surface area contributed by atoms with Crippen molar-refractivity contribution in [3.63, 3.8) is 0 Å². The van der Waals surface area contributed by atoms with Crippen molar-refractivity contribution >= 4 is 52.2 Å². The summed E-state index contributed by atoms with van der Waals surface area (Å²) < 4.78 is 2.09. The second kappa shape index (κ2) is 10.5. The van der Waals surface area contributed by atoms with E-state index in [1.807, 2.05) is 31.2 Å². The van der Waals surface area contributed by atoms with E-state index in [4.69, 9.17) is 16.6 Å². The molecule has 34 heavy (non-hydrogen) atoms. The number of carbonyl (C=O) groups excluding carboxylic acids is 1. The fourth-order valence-electron chi connectivity index (χ4n) is 3.27. The van der Waals surface area contributed by atoms with Crippen LogP contribution in [0.3, 0.4) is 0 Å². The summed E-state index contributed by atoms with van der Waals surface area (Å²) in [7, 11) is 0. The molecule has 1 aromatic heterocycles. The Morgan fingerprint density at radius 2 is 1.97 bits per heavy atom.